The molecule has 1 aromatic carbocycles. The lowest BCUT2D eigenvalue weighted by molar-refractivity contribution is -0.119. The van der Waals surface area contributed by atoms with Crippen molar-refractivity contribution in [3.8, 4) is 6.07 Å². The molecule has 6 nitrogen and oxygen atoms in total. The number of allylic oxidation sites excluding steroid dienone is 3. The number of carbonyl (C=O) groups is 1. The molecule has 0 bridgehead atoms. The molecule has 156 valence electrons. The fraction of sp³-hybridized carbons (Fsp3) is 0.292. The van der Waals surface area contributed by atoms with Crippen molar-refractivity contribution in [2.75, 3.05) is 0 Å². The van der Waals surface area contributed by atoms with Crippen molar-refractivity contribution in [2.45, 2.75) is 39.2 Å². The number of Topliss-reactive ketones (excluding diaryl/α,β-unsaturated/α-hetero) is 1. The summed E-state index contributed by atoms with van der Waals surface area (Å²) in [5.74, 6) is 0.285. The zero-order valence-electron chi connectivity index (χ0n) is 17.4. The maximum absolute atomic E-state index is 13.1. The van der Waals surface area contributed by atoms with Crippen LogP contribution in [0, 0.1) is 16.7 Å². The first-order valence-electron chi connectivity index (χ1n) is 10.2. The number of para-hydroxylation sites is 2. The van der Waals surface area contributed by atoms with Crippen molar-refractivity contribution < 1.29 is 9.53 Å². The molecule has 7 heteroatoms. The lowest BCUT2D eigenvalue weighted by atomic mass is 9.71. The van der Waals surface area contributed by atoms with E-state index in [9.17, 15) is 10.1 Å². The first-order chi connectivity index (χ1) is 14.9. The average molecular weight is 431 g/mol. The van der Waals surface area contributed by atoms with Crippen LogP contribution in [0.25, 0.3) is 11.0 Å². The van der Waals surface area contributed by atoms with Crippen LogP contribution in [0.3, 0.4) is 0 Å². The van der Waals surface area contributed by atoms with E-state index in [-0.39, 0.29) is 17.1 Å². The van der Waals surface area contributed by atoms with E-state index in [2.05, 4.69) is 27.1 Å². The van der Waals surface area contributed by atoms with Gasteiger partial charge in [-0.25, -0.2) is 4.98 Å². The molecule has 0 amide bonds. The standard InChI is InChI=1S/C24H22N4O2S/c1-24(2)8-18(29)22-19(9-24)30-23(26)15(10-25)21(22)20-7-14(12-31-20)11-28-13-27-16-5-3-4-6-17(16)28/h3-7,12-13,21H,8-9,11,26H2,1-2H3/t21-/m1/s1. The van der Waals surface area contributed by atoms with Crippen LogP contribution in [0.1, 0.15) is 43.0 Å². The zero-order valence-corrected chi connectivity index (χ0v) is 18.2. The maximum Gasteiger partial charge on any atom is 0.205 e. The number of carbonyl (C=O) groups excluding carboxylic acids is 1. The van der Waals surface area contributed by atoms with Crippen LogP contribution in [-0.2, 0) is 16.1 Å². The van der Waals surface area contributed by atoms with Crippen molar-refractivity contribution in [1.29, 1.82) is 5.26 Å². The molecule has 1 aliphatic heterocycles. The van der Waals surface area contributed by atoms with Gasteiger partial charge in [-0.2, -0.15) is 5.26 Å². The van der Waals surface area contributed by atoms with E-state index in [1.807, 2.05) is 44.4 Å². The molecule has 5 rings (SSSR count). The molecule has 1 atom stereocenters. The highest BCUT2D eigenvalue weighted by molar-refractivity contribution is 7.10. The molecule has 3 aromatic rings. The van der Waals surface area contributed by atoms with Crippen LogP contribution in [0.15, 0.2) is 64.8 Å². The molecule has 0 spiro atoms. The van der Waals surface area contributed by atoms with E-state index in [4.69, 9.17) is 10.5 Å². The number of hydrogen-bond donors (Lipinski definition) is 1. The molecular formula is C24H22N4O2S. The van der Waals surface area contributed by atoms with Crippen molar-refractivity contribution >= 4 is 28.2 Å². The maximum atomic E-state index is 13.1. The number of nitrogens with zero attached hydrogens (tertiary/aromatic N) is 3. The monoisotopic (exact) mass is 430 g/mol. The highest BCUT2D eigenvalue weighted by Crippen LogP contribution is 2.48. The summed E-state index contributed by atoms with van der Waals surface area (Å²) in [5.41, 5.74) is 9.95. The minimum Gasteiger partial charge on any atom is -0.444 e. The van der Waals surface area contributed by atoms with E-state index in [1.165, 1.54) is 0 Å². The van der Waals surface area contributed by atoms with Crippen LogP contribution >= 0.6 is 11.3 Å². The molecule has 2 aliphatic rings. The van der Waals surface area contributed by atoms with E-state index in [0.29, 0.717) is 36.3 Å². The van der Waals surface area contributed by atoms with Crippen molar-refractivity contribution in [3.05, 3.63) is 75.3 Å². The van der Waals surface area contributed by atoms with Gasteiger partial charge in [0.25, 0.3) is 0 Å². The predicted octanol–water partition coefficient (Wildman–Crippen LogP) is 4.60. The summed E-state index contributed by atoms with van der Waals surface area (Å²) in [6, 6.07) is 12.3. The van der Waals surface area contributed by atoms with Gasteiger partial charge >= 0.3 is 0 Å². The predicted molar refractivity (Wildman–Crippen MR) is 119 cm³/mol. The Bertz CT molecular complexity index is 1320. The number of hydrogen-bond acceptors (Lipinski definition) is 6. The smallest absolute Gasteiger partial charge is 0.205 e. The lowest BCUT2D eigenvalue weighted by Gasteiger charge is -2.36. The summed E-state index contributed by atoms with van der Waals surface area (Å²) in [6.07, 6.45) is 2.90. The molecule has 2 N–H and O–H groups in total. The Hall–Kier alpha value is -3.37. The molecule has 31 heavy (non-hydrogen) atoms. The number of thiophene rings is 1. The van der Waals surface area contributed by atoms with Crippen molar-refractivity contribution in [1.82, 2.24) is 9.55 Å². The topological polar surface area (TPSA) is 93.9 Å². The molecule has 0 saturated heterocycles. The van der Waals surface area contributed by atoms with Gasteiger partial charge < -0.3 is 15.0 Å². The van der Waals surface area contributed by atoms with Gasteiger partial charge in [0.1, 0.15) is 17.4 Å². The third-order valence-electron chi connectivity index (χ3n) is 5.91. The largest absolute Gasteiger partial charge is 0.444 e. The summed E-state index contributed by atoms with van der Waals surface area (Å²) in [5, 5.41) is 11.9. The molecule has 3 heterocycles. The Morgan fingerprint density at radius 2 is 2.16 bits per heavy atom. The highest BCUT2D eigenvalue weighted by Gasteiger charge is 2.43. The number of ether oxygens (including phenoxy) is 1. The summed E-state index contributed by atoms with van der Waals surface area (Å²) in [7, 11) is 0. The second kappa shape index (κ2) is 7.10. The van der Waals surface area contributed by atoms with Crippen molar-refractivity contribution in [3.63, 3.8) is 0 Å². The summed E-state index contributed by atoms with van der Waals surface area (Å²) >= 11 is 1.55. The molecule has 0 saturated carbocycles. The van der Waals surface area contributed by atoms with E-state index in [0.717, 1.165) is 21.5 Å². The van der Waals surface area contributed by atoms with Crippen LogP contribution in [0.5, 0.6) is 0 Å². The van der Waals surface area contributed by atoms with Gasteiger partial charge in [0.05, 0.1) is 23.3 Å². The van der Waals surface area contributed by atoms with Crippen LogP contribution in [0.2, 0.25) is 0 Å². The zero-order chi connectivity index (χ0) is 21.8. The number of imidazole rings is 1. The van der Waals surface area contributed by atoms with Gasteiger partial charge in [0, 0.05) is 29.8 Å². The molecule has 0 unspecified atom stereocenters. The summed E-state index contributed by atoms with van der Waals surface area (Å²) in [6.45, 7) is 4.76. The van der Waals surface area contributed by atoms with Gasteiger partial charge in [-0.3, -0.25) is 4.79 Å². The lowest BCUT2D eigenvalue weighted by Crippen LogP contribution is -2.33. The number of ketones is 1. The molecule has 0 radical (unpaired) electrons. The summed E-state index contributed by atoms with van der Waals surface area (Å²) < 4.78 is 7.87. The minimum absolute atomic E-state index is 0.0343. The van der Waals surface area contributed by atoms with E-state index in [1.54, 1.807) is 11.3 Å². The Morgan fingerprint density at radius 1 is 1.35 bits per heavy atom. The third-order valence-corrected chi connectivity index (χ3v) is 6.96. The second-order valence-electron chi connectivity index (χ2n) is 8.92. The third kappa shape index (κ3) is 3.33. The Morgan fingerprint density at radius 3 is 2.97 bits per heavy atom. The molecule has 0 fully saturated rings. The fourth-order valence-corrected chi connectivity index (χ4v) is 5.55. The quantitative estimate of drug-likeness (QED) is 0.655. The molecular weight excluding hydrogens is 408 g/mol. The number of fused-ring (bicyclic) bond motifs is 1. The van der Waals surface area contributed by atoms with Crippen LogP contribution in [0.4, 0.5) is 0 Å². The summed E-state index contributed by atoms with van der Waals surface area (Å²) in [4.78, 5) is 18.5. The first-order valence-corrected chi connectivity index (χ1v) is 11.1. The number of benzene rings is 1. The SMILES string of the molecule is CC1(C)CC(=O)C2=C(C1)OC(N)=C(C#N)[C@@H]2c1cc(Cn2cnc3ccccc32)cs1. The Balaban J connectivity index is 1.53. The van der Waals surface area contributed by atoms with Crippen molar-refractivity contribution in [2.24, 2.45) is 11.1 Å². The number of nitriles is 1. The first kappa shape index (κ1) is 19.6. The van der Waals surface area contributed by atoms with Gasteiger partial charge in [-0.1, -0.05) is 26.0 Å². The van der Waals surface area contributed by atoms with Gasteiger partial charge in [0.2, 0.25) is 5.88 Å². The van der Waals surface area contributed by atoms with Gasteiger partial charge in [-0.15, -0.1) is 11.3 Å². The van der Waals surface area contributed by atoms with E-state index < -0.39 is 5.92 Å². The van der Waals surface area contributed by atoms with Crippen LogP contribution < -0.4 is 5.73 Å². The number of rotatable bonds is 3. The van der Waals surface area contributed by atoms with Crippen LogP contribution in [-0.4, -0.2) is 15.3 Å². The Kier molecular flexibility index (Phi) is 4.49. The highest BCUT2D eigenvalue weighted by atomic mass is 32.1. The fourth-order valence-electron chi connectivity index (χ4n) is 4.53. The molecule has 1 aliphatic carbocycles. The average Bonchev–Trinajstić information content (AvgIpc) is 3.34. The minimum atomic E-state index is -0.462. The number of aromatic nitrogens is 2. The normalized spacial score (nSPS) is 20.5. The van der Waals surface area contributed by atoms with E-state index >= 15 is 0 Å². The number of nitrogens with two attached hydrogens (primary N) is 1. The Labute approximate surface area is 184 Å². The second-order valence-corrected chi connectivity index (χ2v) is 9.86. The van der Waals surface area contributed by atoms with Gasteiger partial charge in [-0.05, 0) is 34.6 Å². The molecule has 2 aromatic heterocycles. The van der Waals surface area contributed by atoms with Gasteiger partial charge in [0.15, 0.2) is 5.78 Å².